The SMILES string of the molecule is CCC1CCC2(CC1)OOC1(CC[C@@]3(C)[C@H](C[C@@H](OC(C)=O)[C@@H]4[C@@H]3C[C@H](OC(C)=O)[C@]3(C)[C@@H]([C@H](C)CCC(N)=O)CC[C@@H]43)C1)OO2. The molecule has 1 saturated heterocycles. The van der Waals surface area contributed by atoms with Gasteiger partial charge in [0.05, 0.1) is 0 Å². The maximum Gasteiger partial charge on any atom is 0.302 e. The van der Waals surface area contributed by atoms with E-state index in [4.69, 9.17) is 34.8 Å². The molecule has 6 aliphatic rings. The molecule has 0 bridgehead atoms. The van der Waals surface area contributed by atoms with Crippen LogP contribution in [0.25, 0.3) is 0 Å². The Labute approximate surface area is 274 Å². The highest BCUT2D eigenvalue weighted by Crippen LogP contribution is 2.70. The van der Waals surface area contributed by atoms with Gasteiger partial charge in [-0.05, 0) is 92.3 Å². The highest BCUT2D eigenvalue weighted by atomic mass is 17.4. The Bertz CT molecular complexity index is 1160. The van der Waals surface area contributed by atoms with Crippen LogP contribution in [-0.4, -0.2) is 41.6 Å². The van der Waals surface area contributed by atoms with E-state index in [0.29, 0.717) is 44.4 Å². The third kappa shape index (κ3) is 5.91. The third-order valence-electron chi connectivity index (χ3n) is 14.1. The first-order valence-corrected chi connectivity index (χ1v) is 18.1. The molecule has 10 atom stereocenters. The summed E-state index contributed by atoms with van der Waals surface area (Å²) in [5.41, 5.74) is 5.12. The summed E-state index contributed by atoms with van der Waals surface area (Å²) in [6.07, 6.45) is 10.6. The number of esters is 2. The lowest BCUT2D eigenvalue weighted by Gasteiger charge is -2.65. The molecule has 1 heterocycles. The minimum absolute atomic E-state index is 0.108. The fraction of sp³-hybridized carbons (Fsp3) is 0.917. The molecule has 46 heavy (non-hydrogen) atoms. The topological polar surface area (TPSA) is 133 Å². The van der Waals surface area contributed by atoms with Crippen LogP contribution in [0.5, 0.6) is 0 Å². The van der Waals surface area contributed by atoms with E-state index in [1.54, 1.807) is 0 Å². The average Bonchev–Trinajstić information content (AvgIpc) is 3.37. The fourth-order valence-electron chi connectivity index (χ4n) is 11.5. The maximum absolute atomic E-state index is 12.6. The number of amides is 1. The molecule has 6 rings (SSSR count). The summed E-state index contributed by atoms with van der Waals surface area (Å²) in [4.78, 5) is 61.5. The second-order valence-electron chi connectivity index (χ2n) is 16.5. The van der Waals surface area contributed by atoms with Crippen LogP contribution >= 0.6 is 0 Å². The van der Waals surface area contributed by atoms with E-state index < -0.39 is 11.6 Å². The summed E-state index contributed by atoms with van der Waals surface area (Å²) >= 11 is 0. The van der Waals surface area contributed by atoms with Gasteiger partial charge in [0, 0.05) is 57.3 Å². The number of carbonyl (C=O) groups is 3. The molecule has 10 nitrogen and oxygen atoms in total. The molecule has 6 fully saturated rings. The number of primary amides is 1. The zero-order valence-electron chi connectivity index (χ0n) is 28.8. The molecule has 260 valence electrons. The van der Waals surface area contributed by atoms with Crippen LogP contribution in [0.4, 0.5) is 0 Å². The van der Waals surface area contributed by atoms with Crippen molar-refractivity contribution in [2.24, 2.45) is 58.0 Å². The van der Waals surface area contributed by atoms with E-state index in [1.165, 1.54) is 13.8 Å². The minimum atomic E-state index is -1.00. The number of ether oxygens (including phenoxy) is 2. The van der Waals surface area contributed by atoms with Gasteiger partial charge in [-0.2, -0.15) is 19.6 Å². The van der Waals surface area contributed by atoms with Crippen molar-refractivity contribution in [1.82, 2.24) is 0 Å². The summed E-state index contributed by atoms with van der Waals surface area (Å²) < 4.78 is 12.5. The smallest absolute Gasteiger partial charge is 0.302 e. The molecular formula is C36H57NO9. The van der Waals surface area contributed by atoms with Crippen LogP contribution in [0.2, 0.25) is 0 Å². The molecule has 0 unspecified atom stereocenters. The number of hydrogen-bond acceptors (Lipinski definition) is 9. The first-order chi connectivity index (χ1) is 21.7. The van der Waals surface area contributed by atoms with E-state index in [1.807, 2.05) is 0 Å². The molecule has 2 N–H and O–H groups in total. The monoisotopic (exact) mass is 647 g/mol. The number of fused-ring (bicyclic) bond motifs is 5. The quantitative estimate of drug-likeness (QED) is 0.242. The van der Waals surface area contributed by atoms with E-state index >= 15 is 0 Å². The Morgan fingerprint density at radius 1 is 0.848 bits per heavy atom. The molecule has 0 aromatic heterocycles. The molecule has 1 aliphatic heterocycles. The fourth-order valence-corrected chi connectivity index (χ4v) is 11.5. The van der Waals surface area contributed by atoms with E-state index in [2.05, 4.69) is 27.7 Å². The normalized spacial score (nSPS) is 47.3. The zero-order valence-corrected chi connectivity index (χ0v) is 28.8. The van der Waals surface area contributed by atoms with Gasteiger partial charge < -0.3 is 15.2 Å². The van der Waals surface area contributed by atoms with Gasteiger partial charge in [0.2, 0.25) is 17.5 Å². The molecule has 5 saturated carbocycles. The zero-order chi connectivity index (χ0) is 33.1. The molecule has 0 aromatic rings. The molecule has 5 aliphatic carbocycles. The second kappa shape index (κ2) is 12.6. The maximum atomic E-state index is 12.6. The van der Waals surface area contributed by atoms with Gasteiger partial charge in [-0.1, -0.05) is 34.1 Å². The van der Waals surface area contributed by atoms with Gasteiger partial charge in [-0.15, -0.1) is 0 Å². The Kier molecular flexibility index (Phi) is 9.35. The van der Waals surface area contributed by atoms with E-state index in [-0.39, 0.29) is 76.4 Å². The summed E-state index contributed by atoms with van der Waals surface area (Å²) in [7, 11) is 0. The van der Waals surface area contributed by atoms with Gasteiger partial charge in [0.25, 0.3) is 0 Å². The predicted octanol–water partition coefficient (Wildman–Crippen LogP) is 6.53. The van der Waals surface area contributed by atoms with E-state index in [0.717, 1.165) is 51.4 Å². The van der Waals surface area contributed by atoms with Crippen molar-refractivity contribution in [2.75, 3.05) is 0 Å². The van der Waals surface area contributed by atoms with Crippen molar-refractivity contribution in [3.05, 3.63) is 0 Å². The van der Waals surface area contributed by atoms with E-state index in [9.17, 15) is 14.4 Å². The standard InChI is InChI=1S/C36H57NO9/c1-7-24-12-14-35(15-13-24)43-45-36(46-44-35)17-16-33(5)25(20-36)18-29(41-22(3)38)32-27-10-9-26(21(2)8-11-31(37)40)34(27,6)30(19-28(32)33)42-23(4)39/h21,24-30,32H,7-20H2,1-6H3,(H2,37,40)/t21-,24?,25-,26-,27+,28+,29-,30+,32+,33+,34-,35?,36?/m1/s1. The first kappa shape index (κ1) is 34.1. The average molecular weight is 648 g/mol. The van der Waals surface area contributed by atoms with Crippen LogP contribution < -0.4 is 5.73 Å². The molecule has 10 heteroatoms. The van der Waals surface area contributed by atoms with Crippen LogP contribution in [0.15, 0.2) is 0 Å². The molecule has 1 amide bonds. The van der Waals surface area contributed by atoms with Crippen molar-refractivity contribution in [2.45, 2.75) is 155 Å². The lowest BCUT2D eigenvalue weighted by molar-refractivity contribution is -0.665. The van der Waals surface area contributed by atoms with Crippen molar-refractivity contribution >= 4 is 17.8 Å². The summed E-state index contributed by atoms with van der Waals surface area (Å²) in [6, 6.07) is 0. The third-order valence-corrected chi connectivity index (χ3v) is 14.1. The van der Waals surface area contributed by atoms with Gasteiger partial charge >= 0.3 is 11.9 Å². The van der Waals surface area contributed by atoms with Crippen molar-refractivity contribution in [1.29, 1.82) is 0 Å². The minimum Gasteiger partial charge on any atom is -0.462 e. The lowest BCUT2D eigenvalue weighted by Crippen LogP contribution is -2.65. The van der Waals surface area contributed by atoms with Gasteiger partial charge in [-0.3, -0.25) is 14.4 Å². The number of carbonyl (C=O) groups excluding carboxylic acids is 3. The Morgan fingerprint density at radius 2 is 1.50 bits per heavy atom. The summed E-state index contributed by atoms with van der Waals surface area (Å²) in [5.74, 6) is -0.833. The van der Waals surface area contributed by atoms with Crippen LogP contribution in [-0.2, 0) is 43.4 Å². The van der Waals surface area contributed by atoms with Crippen LogP contribution in [0.1, 0.15) is 131 Å². The Morgan fingerprint density at radius 3 is 2.11 bits per heavy atom. The molecular weight excluding hydrogens is 590 g/mol. The number of rotatable bonds is 7. The highest BCUT2D eigenvalue weighted by molar-refractivity contribution is 5.73. The van der Waals surface area contributed by atoms with Crippen molar-refractivity contribution in [3.63, 3.8) is 0 Å². The predicted molar refractivity (Wildman–Crippen MR) is 167 cm³/mol. The highest BCUT2D eigenvalue weighted by Gasteiger charge is 2.69. The van der Waals surface area contributed by atoms with Gasteiger partial charge in [0.15, 0.2) is 0 Å². The molecule has 0 radical (unpaired) electrons. The van der Waals surface area contributed by atoms with Gasteiger partial charge in [-0.25, -0.2) is 0 Å². The lowest BCUT2D eigenvalue weighted by atomic mass is 9.42. The molecule has 2 spiro atoms. The van der Waals surface area contributed by atoms with Crippen LogP contribution in [0.3, 0.4) is 0 Å². The van der Waals surface area contributed by atoms with Crippen molar-refractivity contribution in [3.8, 4) is 0 Å². The largest absolute Gasteiger partial charge is 0.462 e. The summed E-state index contributed by atoms with van der Waals surface area (Å²) in [5, 5.41) is 0. The van der Waals surface area contributed by atoms with Gasteiger partial charge in [0.1, 0.15) is 12.2 Å². The second-order valence-corrected chi connectivity index (χ2v) is 16.5. The summed E-state index contributed by atoms with van der Waals surface area (Å²) in [6.45, 7) is 12.1. The Balaban J connectivity index is 1.26. The van der Waals surface area contributed by atoms with Crippen LogP contribution in [0, 0.1) is 52.3 Å². The molecule has 0 aromatic carbocycles. The number of hydrogen-bond donors (Lipinski definition) is 1. The number of nitrogens with two attached hydrogens (primary N) is 1. The first-order valence-electron chi connectivity index (χ1n) is 18.1. The van der Waals surface area contributed by atoms with Crippen molar-refractivity contribution < 1.29 is 43.4 Å². The Hall–Kier alpha value is -1.75.